The van der Waals surface area contributed by atoms with E-state index in [1.807, 2.05) is 38.4 Å². The molecule has 0 radical (unpaired) electrons. The molecule has 0 aliphatic heterocycles. The van der Waals surface area contributed by atoms with Crippen molar-refractivity contribution in [3.8, 4) is 5.75 Å². The summed E-state index contributed by atoms with van der Waals surface area (Å²) < 4.78 is 5.72. The summed E-state index contributed by atoms with van der Waals surface area (Å²) in [5, 5.41) is 3.14. The van der Waals surface area contributed by atoms with Crippen LogP contribution < -0.4 is 10.1 Å². The number of carbonyl (C=O) groups excluding carboxylic acids is 1. The van der Waals surface area contributed by atoms with Gasteiger partial charge < -0.3 is 15.0 Å². The fourth-order valence-corrected chi connectivity index (χ4v) is 3.46. The van der Waals surface area contributed by atoms with Gasteiger partial charge in [-0.1, -0.05) is 57.2 Å². The fourth-order valence-electron chi connectivity index (χ4n) is 3.46. The van der Waals surface area contributed by atoms with Crippen LogP contribution in [0.25, 0.3) is 0 Å². The van der Waals surface area contributed by atoms with Crippen LogP contribution in [0.2, 0.25) is 0 Å². The largest absolute Gasteiger partial charge is 0.492 e. The summed E-state index contributed by atoms with van der Waals surface area (Å²) in [5.74, 6) is 0.992. The van der Waals surface area contributed by atoms with Crippen molar-refractivity contribution in [2.24, 2.45) is 0 Å². The third-order valence-corrected chi connectivity index (χ3v) is 5.67. The first-order chi connectivity index (χ1) is 13.7. The summed E-state index contributed by atoms with van der Waals surface area (Å²) in [6, 6.07) is 16.6. The van der Waals surface area contributed by atoms with E-state index in [9.17, 15) is 4.79 Å². The summed E-state index contributed by atoms with van der Waals surface area (Å²) >= 11 is 0. The number of hydrogen-bond acceptors (Lipinski definition) is 3. The first-order valence-corrected chi connectivity index (χ1v) is 10.5. The van der Waals surface area contributed by atoms with Crippen LogP contribution in [-0.2, 0) is 22.2 Å². The van der Waals surface area contributed by atoms with Crippen molar-refractivity contribution in [1.82, 2.24) is 10.2 Å². The quantitative estimate of drug-likeness (QED) is 0.727. The number of nitrogens with zero attached hydrogens (tertiary/aromatic N) is 1. The van der Waals surface area contributed by atoms with Gasteiger partial charge in [-0.25, -0.2) is 0 Å². The van der Waals surface area contributed by atoms with E-state index in [1.165, 1.54) is 5.56 Å². The Morgan fingerprint density at radius 2 is 1.66 bits per heavy atom. The minimum absolute atomic E-state index is 0.125. The van der Waals surface area contributed by atoms with Crippen LogP contribution in [0.3, 0.4) is 0 Å². The second kappa shape index (κ2) is 8.58. The Bertz CT molecular complexity index is 813. The molecular formula is C25H34N2O2. The molecule has 0 spiro atoms. The van der Waals surface area contributed by atoms with Crippen LogP contribution in [0, 0.1) is 0 Å². The molecule has 0 atom stereocenters. The Hall–Kier alpha value is -2.33. The summed E-state index contributed by atoms with van der Waals surface area (Å²) in [6.45, 7) is 8.72. The van der Waals surface area contributed by atoms with Gasteiger partial charge in [0.25, 0.3) is 0 Å². The SMILES string of the molecule is CN(C)CCOc1ccc(CNC(=O)C2(c3ccc(C(C)(C)C)cc3)CC2)cc1. The molecule has 3 rings (SSSR count). The van der Waals surface area contributed by atoms with Crippen molar-refractivity contribution in [1.29, 1.82) is 0 Å². The molecule has 4 nitrogen and oxygen atoms in total. The van der Waals surface area contributed by atoms with Crippen molar-refractivity contribution >= 4 is 5.91 Å². The maximum atomic E-state index is 12.9. The zero-order valence-electron chi connectivity index (χ0n) is 18.4. The molecule has 2 aromatic carbocycles. The van der Waals surface area contributed by atoms with Gasteiger partial charge in [0.1, 0.15) is 12.4 Å². The van der Waals surface area contributed by atoms with Crippen LogP contribution in [0.5, 0.6) is 5.75 Å². The second-order valence-electron chi connectivity index (χ2n) is 9.39. The lowest BCUT2D eigenvalue weighted by Crippen LogP contribution is -2.34. The highest BCUT2D eigenvalue weighted by atomic mass is 16.5. The number of ether oxygens (including phenoxy) is 1. The standard InChI is InChI=1S/C25H34N2O2/c1-24(2,3)20-8-10-21(11-9-20)25(14-15-25)23(28)26-18-19-6-12-22(13-7-19)29-17-16-27(4)5/h6-13H,14-18H2,1-5H3,(H,26,28). The molecule has 0 heterocycles. The van der Waals surface area contributed by atoms with Gasteiger partial charge in [0.15, 0.2) is 0 Å². The molecule has 156 valence electrons. The van der Waals surface area contributed by atoms with Crippen LogP contribution in [0.4, 0.5) is 0 Å². The van der Waals surface area contributed by atoms with Gasteiger partial charge >= 0.3 is 0 Å². The van der Waals surface area contributed by atoms with Gasteiger partial charge in [-0.3, -0.25) is 4.79 Å². The molecule has 4 heteroatoms. The molecule has 0 saturated heterocycles. The molecule has 0 aromatic heterocycles. The normalized spacial score (nSPS) is 15.2. The van der Waals surface area contributed by atoms with Gasteiger partial charge in [0.05, 0.1) is 5.41 Å². The third kappa shape index (κ3) is 5.39. The van der Waals surface area contributed by atoms with Crippen molar-refractivity contribution in [2.75, 3.05) is 27.2 Å². The lowest BCUT2D eigenvalue weighted by atomic mass is 9.85. The smallest absolute Gasteiger partial charge is 0.230 e. The van der Waals surface area contributed by atoms with Crippen LogP contribution in [0.1, 0.15) is 50.3 Å². The zero-order valence-corrected chi connectivity index (χ0v) is 18.4. The Kier molecular flexibility index (Phi) is 6.33. The molecule has 1 fully saturated rings. The molecular weight excluding hydrogens is 360 g/mol. The van der Waals surface area contributed by atoms with Gasteiger partial charge in [-0.05, 0) is 61.2 Å². The van der Waals surface area contributed by atoms with E-state index in [-0.39, 0.29) is 16.7 Å². The third-order valence-electron chi connectivity index (χ3n) is 5.67. The summed E-state index contributed by atoms with van der Waals surface area (Å²) in [5.41, 5.74) is 3.29. The monoisotopic (exact) mass is 394 g/mol. The van der Waals surface area contributed by atoms with Crippen LogP contribution in [-0.4, -0.2) is 38.1 Å². The number of rotatable bonds is 8. The maximum absolute atomic E-state index is 12.9. The average Bonchev–Trinajstić information content (AvgIpc) is 3.48. The Morgan fingerprint density at radius 3 is 2.17 bits per heavy atom. The topological polar surface area (TPSA) is 41.6 Å². The van der Waals surface area contributed by atoms with Crippen LogP contribution in [0.15, 0.2) is 48.5 Å². The Morgan fingerprint density at radius 1 is 1.03 bits per heavy atom. The van der Waals surface area contributed by atoms with Crippen molar-refractivity contribution < 1.29 is 9.53 Å². The molecule has 29 heavy (non-hydrogen) atoms. The number of benzene rings is 2. The second-order valence-corrected chi connectivity index (χ2v) is 9.39. The van der Waals surface area contributed by atoms with Crippen LogP contribution >= 0.6 is 0 Å². The van der Waals surface area contributed by atoms with Crippen molar-refractivity contribution in [3.05, 3.63) is 65.2 Å². The first kappa shape index (κ1) is 21.4. The Balaban J connectivity index is 1.55. The summed E-state index contributed by atoms with van der Waals surface area (Å²) in [6.07, 6.45) is 1.85. The van der Waals surface area contributed by atoms with E-state index in [0.29, 0.717) is 13.2 Å². The van der Waals surface area contributed by atoms with Gasteiger partial charge in [0, 0.05) is 13.1 Å². The van der Waals surface area contributed by atoms with Gasteiger partial charge in [0.2, 0.25) is 5.91 Å². The van der Waals surface area contributed by atoms with E-state index >= 15 is 0 Å². The highest BCUT2D eigenvalue weighted by Crippen LogP contribution is 2.48. The maximum Gasteiger partial charge on any atom is 0.230 e. The summed E-state index contributed by atoms with van der Waals surface area (Å²) in [7, 11) is 4.06. The van der Waals surface area contributed by atoms with Crippen molar-refractivity contribution in [3.63, 3.8) is 0 Å². The Labute approximate surface area is 175 Å². The predicted octanol–water partition coefficient (Wildman–Crippen LogP) is 4.27. The van der Waals surface area contributed by atoms with E-state index < -0.39 is 0 Å². The molecule has 1 aliphatic rings. The highest BCUT2D eigenvalue weighted by Gasteiger charge is 2.51. The van der Waals surface area contributed by atoms with Gasteiger partial charge in [-0.2, -0.15) is 0 Å². The van der Waals surface area contributed by atoms with E-state index in [4.69, 9.17) is 4.74 Å². The zero-order chi connectivity index (χ0) is 21.1. The van der Waals surface area contributed by atoms with E-state index in [1.54, 1.807) is 0 Å². The molecule has 1 amide bonds. The molecule has 1 saturated carbocycles. The lowest BCUT2D eigenvalue weighted by molar-refractivity contribution is -0.123. The minimum Gasteiger partial charge on any atom is -0.492 e. The molecule has 0 unspecified atom stereocenters. The molecule has 2 aromatic rings. The average molecular weight is 395 g/mol. The highest BCUT2D eigenvalue weighted by molar-refractivity contribution is 5.91. The number of hydrogen-bond donors (Lipinski definition) is 1. The molecule has 0 bridgehead atoms. The minimum atomic E-state index is -0.342. The predicted molar refractivity (Wildman–Crippen MR) is 118 cm³/mol. The van der Waals surface area contributed by atoms with Crippen molar-refractivity contribution in [2.45, 2.75) is 51.0 Å². The number of carbonyl (C=O) groups is 1. The number of likely N-dealkylation sites (N-methyl/N-ethyl adjacent to an activating group) is 1. The molecule has 1 aliphatic carbocycles. The fraction of sp³-hybridized carbons (Fsp3) is 0.480. The van der Waals surface area contributed by atoms with E-state index in [2.05, 4.69) is 55.3 Å². The number of nitrogens with one attached hydrogen (secondary N) is 1. The number of amides is 1. The lowest BCUT2D eigenvalue weighted by Gasteiger charge is -2.21. The van der Waals surface area contributed by atoms with E-state index in [0.717, 1.165) is 36.3 Å². The summed E-state index contributed by atoms with van der Waals surface area (Å²) in [4.78, 5) is 15.0. The van der Waals surface area contributed by atoms with Gasteiger partial charge in [-0.15, -0.1) is 0 Å². The molecule has 1 N–H and O–H groups in total. The first-order valence-electron chi connectivity index (χ1n) is 10.5.